The van der Waals surface area contributed by atoms with Gasteiger partial charge in [0.25, 0.3) is 0 Å². The molecule has 5 heteroatoms. The standard InChI is InChI=1S/C11H16N4O/c1-2-4-11-10(3-1)12-13-15(11)9-14-5-7-16-8-6-14/h1-4,12-13H,5-9H2. The van der Waals surface area contributed by atoms with Gasteiger partial charge in [-0.1, -0.05) is 12.1 Å². The molecule has 1 fully saturated rings. The normalized spacial score (nSPS) is 20.6. The van der Waals surface area contributed by atoms with Gasteiger partial charge in [0.1, 0.15) is 0 Å². The number of fused-ring (bicyclic) bond motifs is 1. The van der Waals surface area contributed by atoms with Gasteiger partial charge in [-0.25, -0.2) is 0 Å². The van der Waals surface area contributed by atoms with E-state index in [0.29, 0.717) is 0 Å². The molecule has 2 aliphatic rings. The van der Waals surface area contributed by atoms with Gasteiger partial charge >= 0.3 is 0 Å². The van der Waals surface area contributed by atoms with Crippen LogP contribution in [0.25, 0.3) is 0 Å². The zero-order chi connectivity index (χ0) is 10.8. The van der Waals surface area contributed by atoms with Crippen LogP contribution in [0.5, 0.6) is 0 Å². The van der Waals surface area contributed by atoms with E-state index >= 15 is 0 Å². The first-order valence-corrected chi connectivity index (χ1v) is 5.62. The predicted octanol–water partition coefficient (Wildman–Crippen LogP) is 0.628. The molecule has 0 aliphatic carbocycles. The molecule has 0 unspecified atom stereocenters. The molecule has 1 aromatic rings. The number of ether oxygens (including phenoxy) is 1. The summed E-state index contributed by atoms with van der Waals surface area (Å²) in [5, 5.41) is 2.13. The average molecular weight is 220 g/mol. The van der Waals surface area contributed by atoms with Gasteiger partial charge in [0.05, 0.1) is 31.3 Å². The van der Waals surface area contributed by atoms with Crippen LogP contribution in [0.2, 0.25) is 0 Å². The van der Waals surface area contributed by atoms with Gasteiger partial charge in [-0.05, 0) is 12.1 Å². The maximum atomic E-state index is 5.34. The summed E-state index contributed by atoms with van der Waals surface area (Å²) in [6.07, 6.45) is 0. The van der Waals surface area contributed by atoms with Gasteiger partial charge in [0, 0.05) is 13.1 Å². The fourth-order valence-electron chi connectivity index (χ4n) is 2.06. The number of para-hydroxylation sites is 2. The second-order valence-corrected chi connectivity index (χ2v) is 4.05. The maximum Gasteiger partial charge on any atom is 0.0884 e. The lowest BCUT2D eigenvalue weighted by molar-refractivity contribution is 0.0372. The lowest BCUT2D eigenvalue weighted by Gasteiger charge is -2.31. The van der Waals surface area contributed by atoms with Crippen LogP contribution >= 0.6 is 0 Å². The zero-order valence-electron chi connectivity index (χ0n) is 9.15. The lowest BCUT2D eigenvalue weighted by Crippen LogP contribution is -2.48. The van der Waals surface area contributed by atoms with Gasteiger partial charge < -0.3 is 10.2 Å². The van der Waals surface area contributed by atoms with Crippen molar-refractivity contribution < 1.29 is 4.74 Å². The number of rotatable bonds is 2. The van der Waals surface area contributed by atoms with Crippen LogP contribution in [0.3, 0.4) is 0 Å². The molecular weight excluding hydrogens is 204 g/mol. The van der Waals surface area contributed by atoms with Crippen LogP contribution in [0.4, 0.5) is 11.4 Å². The Morgan fingerprint density at radius 1 is 1.19 bits per heavy atom. The minimum Gasteiger partial charge on any atom is -0.379 e. The van der Waals surface area contributed by atoms with Gasteiger partial charge in [-0.15, -0.1) is 5.53 Å². The van der Waals surface area contributed by atoms with Gasteiger partial charge in [0.15, 0.2) is 0 Å². The molecular formula is C11H16N4O. The molecule has 2 N–H and O–H groups in total. The quantitative estimate of drug-likeness (QED) is 0.765. The molecule has 5 nitrogen and oxygen atoms in total. The smallest absolute Gasteiger partial charge is 0.0884 e. The number of nitrogens with zero attached hydrogens (tertiary/aromatic N) is 2. The number of hydrogen-bond acceptors (Lipinski definition) is 5. The third-order valence-electron chi connectivity index (χ3n) is 2.97. The SMILES string of the molecule is c1ccc2c(c1)NNN2CN1CCOCC1. The first-order valence-electron chi connectivity index (χ1n) is 5.62. The van der Waals surface area contributed by atoms with E-state index in [9.17, 15) is 0 Å². The number of anilines is 2. The Morgan fingerprint density at radius 2 is 2.00 bits per heavy atom. The third kappa shape index (κ3) is 1.84. The Morgan fingerprint density at radius 3 is 2.88 bits per heavy atom. The predicted molar refractivity (Wildman–Crippen MR) is 62.9 cm³/mol. The van der Waals surface area contributed by atoms with Crippen LogP contribution in [0.15, 0.2) is 24.3 Å². The minimum absolute atomic E-state index is 0.836. The van der Waals surface area contributed by atoms with Crippen LogP contribution in [-0.2, 0) is 4.74 Å². The summed E-state index contributed by atoms with van der Waals surface area (Å²) in [7, 11) is 0. The molecule has 16 heavy (non-hydrogen) atoms. The van der Waals surface area contributed by atoms with Crippen molar-refractivity contribution >= 4 is 11.4 Å². The average Bonchev–Trinajstić information content (AvgIpc) is 2.74. The van der Waals surface area contributed by atoms with E-state index in [-0.39, 0.29) is 0 Å². The summed E-state index contributed by atoms with van der Waals surface area (Å²) in [5.41, 5.74) is 8.67. The van der Waals surface area contributed by atoms with E-state index in [4.69, 9.17) is 4.74 Å². The zero-order valence-corrected chi connectivity index (χ0v) is 9.15. The van der Waals surface area contributed by atoms with E-state index in [1.165, 1.54) is 5.69 Å². The Bertz CT molecular complexity index is 365. The fraction of sp³-hybridized carbons (Fsp3) is 0.455. The van der Waals surface area contributed by atoms with Crippen LogP contribution < -0.4 is 16.0 Å². The van der Waals surface area contributed by atoms with Gasteiger partial charge in [-0.3, -0.25) is 9.91 Å². The summed E-state index contributed by atoms with van der Waals surface area (Å²) < 4.78 is 5.34. The van der Waals surface area contributed by atoms with Crippen molar-refractivity contribution in [3.05, 3.63) is 24.3 Å². The molecule has 0 saturated carbocycles. The van der Waals surface area contributed by atoms with E-state index in [0.717, 1.165) is 38.7 Å². The highest BCUT2D eigenvalue weighted by Crippen LogP contribution is 2.27. The molecule has 0 amide bonds. The van der Waals surface area contributed by atoms with E-state index in [2.05, 4.69) is 39.1 Å². The first-order chi connectivity index (χ1) is 7.93. The van der Waals surface area contributed by atoms with Crippen molar-refractivity contribution in [2.75, 3.05) is 43.4 Å². The van der Waals surface area contributed by atoms with Crippen molar-refractivity contribution in [1.82, 2.24) is 10.4 Å². The van der Waals surface area contributed by atoms with Crippen molar-refractivity contribution in [1.29, 1.82) is 0 Å². The highest BCUT2D eigenvalue weighted by atomic mass is 16.5. The Hall–Kier alpha value is -1.30. The van der Waals surface area contributed by atoms with E-state index in [1.54, 1.807) is 0 Å². The summed E-state index contributed by atoms with van der Waals surface area (Å²) in [6.45, 7) is 4.56. The van der Waals surface area contributed by atoms with Gasteiger partial charge in [-0.2, -0.15) is 0 Å². The number of benzene rings is 1. The molecule has 2 aliphatic heterocycles. The number of nitrogens with one attached hydrogen (secondary N) is 2. The lowest BCUT2D eigenvalue weighted by atomic mass is 10.3. The van der Waals surface area contributed by atoms with Crippen molar-refractivity contribution in [2.24, 2.45) is 0 Å². The Balaban J connectivity index is 1.68. The summed E-state index contributed by atoms with van der Waals surface area (Å²) in [5.74, 6) is 0. The molecule has 0 aromatic heterocycles. The van der Waals surface area contributed by atoms with Crippen molar-refractivity contribution in [3.63, 3.8) is 0 Å². The monoisotopic (exact) mass is 220 g/mol. The van der Waals surface area contributed by atoms with E-state index < -0.39 is 0 Å². The number of hydrazine groups is 2. The fourth-order valence-corrected chi connectivity index (χ4v) is 2.06. The summed E-state index contributed by atoms with van der Waals surface area (Å²) in [6, 6.07) is 8.27. The molecule has 0 radical (unpaired) electrons. The highest BCUT2D eigenvalue weighted by molar-refractivity contribution is 5.72. The summed E-state index contributed by atoms with van der Waals surface area (Å²) in [4.78, 5) is 2.38. The van der Waals surface area contributed by atoms with Crippen LogP contribution in [0.1, 0.15) is 0 Å². The molecule has 0 atom stereocenters. The second kappa shape index (κ2) is 4.29. The minimum atomic E-state index is 0.836. The van der Waals surface area contributed by atoms with Gasteiger partial charge in [0.2, 0.25) is 0 Å². The molecule has 0 bridgehead atoms. The Kier molecular flexibility index (Phi) is 2.65. The number of morpholine rings is 1. The highest BCUT2D eigenvalue weighted by Gasteiger charge is 2.20. The molecule has 2 heterocycles. The second-order valence-electron chi connectivity index (χ2n) is 4.05. The molecule has 86 valence electrons. The van der Waals surface area contributed by atoms with Crippen LogP contribution in [-0.4, -0.2) is 37.9 Å². The Labute approximate surface area is 94.9 Å². The molecule has 1 aromatic carbocycles. The maximum absolute atomic E-state index is 5.34. The van der Waals surface area contributed by atoms with Crippen molar-refractivity contribution in [2.45, 2.75) is 0 Å². The first kappa shape index (κ1) is 9.89. The summed E-state index contributed by atoms with van der Waals surface area (Å²) >= 11 is 0. The molecule has 3 rings (SSSR count). The molecule has 1 saturated heterocycles. The van der Waals surface area contributed by atoms with E-state index in [1.807, 2.05) is 6.07 Å². The topological polar surface area (TPSA) is 39.8 Å². The van der Waals surface area contributed by atoms with Crippen LogP contribution in [0, 0.1) is 0 Å². The molecule has 0 spiro atoms. The van der Waals surface area contributed by atoms with Crippen molar-refractivity contribution in [3.8, 4) is 0 Å². The largest absolute Gasteiger partial charge is 0.379 e. The third-order valence-corrected chi connectivity index (χ3v) is 2.97. The number of hydrogen-bond donors (Lipinski definition) is 2.